The van der Waals surface area contributed by atoms with Crippen LogP contribution in [0.5, 0.6) is 0 Å². The van der Waals surface area contributed by atoms with E-state index in [9.17, 15) is 22.6 Å². The number of benzene rings is 1. The summed E-state index contributed by atoms with van der Waals surface area (Å²) in [6.45, 7) is 7.19. The van der Waals surface area contributed by atoms with Gasteiger partial charge >= 0.3 is 41.5 Å². The summed E-state index contributed by atoms with van der Waals surface area (Å²) in [6.07, 6.45) is 1.57. The molecule has 2 atom stereocenters. The average molecular weight is 422 g/mol. The minimum atomic E-state index is -4.56. The molecule has 0 spiro atoms. The van der Waals surface area contributed by atoms with E-state index in [1.807, 2.05) is 6.92 Å². The van der Waals surface area contributed by atoms with E-state index in [0.717, 1.165) is 6.42 Å². The van der Waals surface area contributed by atoms with Gasteiger partial charge in [-0.25, -0.2) is 8.42 Å². The molecular formula is C19H27NaO7S. The van der Waals surface area contributed by atoms with Gasteiger partial charge in [-0.05, 0) is 43.9 Å². The standard InChI is InChI=1S/C19H28O7S.Na/c1-6-7-12-26-17(20)16(19(3,4)18(21)25-5)13(2)14-8-10-15(11-9-14)27(22,23)24;/h8-11,13,16H,6-7,12H2,1-5H3,(H,22,23,24);/q;+1/p-1. The van der Waals surface area contributed by atoms with Gasteiger partial charge in [0.2, 0.25) is 0 Å². The van der Waals surface area contributed by atoms with E-state index in [4.69, 9.17) is 9.47 Å². The maximum absolute atomic E-state index is 12.8. The van der Waals surface area contributed by atoms with Crippen molar-refractivity contribution in [2.24, 2.45) is 11.3 Å². The third-order valence-electron chi connectivity index (χ3n) is 4.68. The Balaban J connectivity index is 0.00000729. The molecule has 1 aromatic rings. The minimum absolute atomic E-state index is 0. The Kier molecular flexibility index (Phi) is 10.9. The SMILES string of the molecule is CCCCOC(=O)C(C(C)c1ccc(S(=O)(=O)[O-])cc1)C(C)(C)C(=O)OC.[Na+]. The maximum Gasteiger partial charge on any atom is 1.00 e. The zero-order valence-electron chi connectivity index (χ0n) is 17.4. The van der Waals surface area contributed by atoms with Crippen LogP contribution in [-0.2, 0) is 29.2 Å². The van der Waals surface area contributed by atoms with Crippen LogP contribution in [0.15, 0.2) is 29.2 Å². The Morgan fingerprint density at radius 3 is 2.14 bits per heavy atom. The molecule has 0 bridgehead atoms. The molecule has 0 amide bonds. The largest absolute Gasteiger partial charge is 1.00 e. The molecule has 0 aliphatic heterocycles. The van der Waals surface area contributed by atoms with Crippen LogP contribution in [0, 0.1) is 11.3 Å². The van der Waals surface area contributed by atoms with Gasteiger partial charge in [-0.1, -0.05) is 32.4 Å². The van der Waals surface area contributed by atoms with Crippen LogP contribution in [0.25, 0.3) is 0 Å². The summed E-state index contributed by atoms with van der Waals surface area (Å²) in [5, 5.41) is 0. The van der Waals surface area contributed by atoms with Gasteiger partial charge in [0.1, 0.15) is 10.1 Å². The Bertz CT molecular complexity index is 757. The number of rotatable bonds is 9. The number of unbranched alkanes of at least 4 members (excludes halogenated alkanes) is 1. The molecule has 0 heterocycles. The molecule has 28 heavy (non-hydrogen) atoms. The second kappa shape index (κ2) is 11.3. The van der Waals surface area contributed by atoms with Crippen molar-refractivity contribution in [3.05, 3.63) is 29.8 Å². The Labute approximate surface area is 189 Å². The van der Waals surface area contributed by atoms with E-state index in [2.05, 4.69) is 0 Å². The normalized spacial score (nSPS) is 13.8. The van der Waals surface area contributed by atoms with Crippen LogP contribution in [0.2, 0.25) is 0 Å². The number of carbonyl (C=O) groups is 2. The molecular weight excluding hydrogens is 395 g/mol. The topological polar surface area (TPSA) is 110 Å². The van der Waals surface area contributed by atoms with Gasteiger partial charge in [0.05, 0.1) is 29.9 Å². The van der Waals surface area contributed by atoms with Crippen molar-refractivity contribution in [3.63, 3.8) is 0 Å². The van der Waals surface area contributed by atoms with Gasteiger partial charge in [-0.2, -0.15) is 0 Å². The molecule has 0 saturated heterocycles. The van der Waals surface area contributed by atoms with E-state index in [-0.39, 0.29) is 41.1 Å². The second-order valence-corrected chi connectivity index (χ2v) is 8.40. The van der Waals surface area contributed by atoms with E-state index in [1.165, 1.54) is 31.4 Å². The molecule has 1 aromatic carbocycles. The van der Waals surface area contributed by atoms with Crippen molar-refractivity contribution >= 4 is 22.1 Å². The van der Waals surface area contributed by atoms with Crippen LogP contribution in [0.3, 0.4) is 0 Å². The Morgan fingerprint density at radius 1 is 1.18 bits per heavy atom. The summed E-state index contributed by atoms with van der Waals surface area (Å²) >= 11 is 0. The second-order valence-electron chi connectivity index (χ2n) is 7.02. The summed E-state index contributed by atoms with van der Waals surface area (Å²) in [5.41, 5.74) is -0.558. The molecule has 0 saturated carbocycles. The van der Waals surface area contributed by atoms with Crippen molar-refractivity contribution in [2.75, 3.05) is 13.7 Å². The first-order chi connectivity index (χ1) is 12.5. The molecule has 9 heteroatoms. The summed E-state index contributed by atoms with van der Waals surface area (Å²) in [7, 11) is -3.31. The first-order valence-electron chi connectivity index (χ1n) is 8.77. The predicted octanol–water partition coefficient (Wildman–Crippen LogP) is -0.143. The summed E-state index contributed by atoms with van der Waals surface area (Å²) in [6, 6.07) is 5.32. The van der Waals surface area contributed by atoms with Gasteiger partial charge in [-0.15, -0.1) is 0 Å². The molecule has 0 radical (unpaired) electrons. The van der Waals surface area contributed by atoms with Crippen LogP contribution >= 0.6 is 0 Å². The zero-order chi connectivity index (χ0) is 20.8. The Morgan fingerprint density at radius 2 is 1.71 bits per heavy atom. The third kappa shape index (κ3) is 6.84. The van der Waals surface area contributed by atoms with E-state index < -0.39 is 39.3 Å². The quantitative estimate of drug-likeness (QED) is 0.236. The summed E-state index contributed by atoms with van der Waals surface area (Å²) < 4.78 is 43.5. The molecule has 0 aliphatic carbocycles. The first kappa shape index (κ1) is 27.1. The molecule has 0 N–H and O–H groups in total. The fraction of sp³-hybridized carbons (Fsp3) is 0.579. The fourth-order valence-electron chi connectivity index (χ4n) is 3.05. The Hall–Kier alpha value is -0.930. The fourth-order valence-corrected chi connectivity index (χ4v) is 3.52. The average Bonchev–Trinajstić information content (AvgIpc) is 2.60. The summed E-state index contributed by atoms with van der Waals surface area (Å²) in [5.74, 6) is -2.40. The molecule has 0 fully saturated rings. The van der Waals surface area contributed by atoms with E-state index in [1.54, 1.807) is 20.8 Å². The molecule has 152 valence electrons. The monoisotopic (exact) mass is 422 g/mol. The number of hydrogen-bond acceptors (Lipinski definition) is 7. The van der Waals surface area contributed by atoms with Crippen LogP contribution in [-0.4, -0.2) is 38.6 Å². The van der Waals surface area contributed by atoms with Crippen molar-refractivity contribution in [1.82, 2.24) is 0 Å². The molecule has 0 aromatic heterocycles. The zero-order valence-corrected chi connectivity index (χ0v) is 20.2. The van der Waals surface area contributed by atoms with Gasteiger partial charge in [0.25, 0.3) is 0 Å². The third-order valence-corrected chi connectivity index (χ3v) is 5.53. The van der Waals surface area contributed by atoms with Gasteiger partial charge < -0.3 is 14.0 Å². The van der Waals surface area contributed by atoms with Gasteiger partial charge in [0.15, 0.2) is 0 Å². The number of carbonyl (C=O) groups excluding carboxylic acids is 2. The van der Waals surface area contributed by atoms with Crippen LogP contribution in [0.4, 0.5) is 0 Å². The predicted molar refractivity (Wildman–Crippen MR) is 98.0 cm³/mol. The van der Waals surface area contributed by atoms with Gasteiger partial charge in [-0.3, -0.25) is 9.59 Å². The van der Waals surface area contributed by atoms with Crippen molar-refractivity contribution < 1.29 is 61.6 Å². The van der Waals surface area contributed by atoms with E-state index >= 15 is 0 Å². The maximum atomic E-state index is 12.8. The number of ether oxygens (including phenoxy) is 2. The number of methoxy groups -OCH3 is 1. The number of esters is 2. The van der Waals surface area contributed by atoms with Crippen molar-refractivity contribution in [1.29, 1.82) is 0 Å². The van der Waals surface area contributed by atoms with Gasteiger partial charge in [0, 0.05) is 0 Å². The summed E-state index contributed by atoms with van der Waals surface area (Å²) in [4.78, 5) is 24.7. The molecule has 0 aliphatic rings. The van der Waals surface area contributed by atoms with Crippen molar-refractivity contribution in [2.45, 2.75) is 51.3 Å². The molecule has 1 rings (SSSR count). The molecule has 7 nitrogen and oxygen atoms in total. The van der Waals surface area contributed by atoms with Crippen molar-refractivity contribution in [3.8, 4) is 0 Å². The van der Waals surface area contributed by atoms with Crippen LogP contribution in [0.1, 0.15) is 52.0 Å². The van der Waals surface area contributed by atoms with Crippen LogP contribution < -0.4 is 29.6 Å². The smallest absolute Gasteiger partial charge is 0.744 e. The number of hydrogen-bond donors (Lipinski definition) is 0. The molecule has 2 unspecified atom stereocenters. The minimum Gasteiger partial charge on any atom is -0.744 e. The van der Waals surface area contributed by atoms with E-state index in [0.29, 0.717) is 12.0 Å². The first-order valence-corrected chi connectivity index (χ1v) is 10.2.